The Morgan fingerprint density at radius 2 is 1.24 bits per heavy atom. The van der Waals surface area contributed by atoms with Gasteiger partial charge in [-0.1, -0.05) is 84.9 Å². The minimum atomic E-state index is -0.380. The van der Waals surface area contributed by atoms with Gasteiger partial charge in [-0.2, -0.15) is 0 Å². The van der Waals surface area contributed by atoms with Crippen LogP contribution in [0.3, 0.4) is 0 Å². The molecule has 2 amide bonds. The van der Waals surface area contributed by atoms with Gasteiger partial charge in [0, 0.05) is 11.8 Å². The third kappa shape index (κ3) is 2.98. The Bertz CT molecular complexity index is 1250. The highest BCUT2D eigenvalue weighted by molar-refractivity contribution is 6.24. The smallest absolute Gasteiger partial charge is 0.238 e. The van der Waals surface area contributed by atoms with Crippen LogP contribution < -0.4 is 9.64 Å². The maximum atomic E-state index is 13.8. The predicted octanol–water partition coefficient (Wildman–Crippen LogP) is 5.51. The van der Waals surface area contributed by atoms with Crippen LogP contribution >= 0.6 is 0 Å². The highest BCUT2D eigenvalue weighted by atomic mass is 16.5. The van der Waals surface area contributed by atoms with Crippen molar-refractivity contribution in [1.29, 1.82) is 0 Å². The number of carbonyl (C=O) groups excluding carboxylic acids is 2. The Kier molecular flexibility index (Phi) is 4.95. The number of para-hydroxylation sites is 2. The quantitative estimate of drug-likeness (QED) is 0.383. The average Bonchev–Trinajstić information content (AvgIpc) is 3.51. The lowest BCUT2D eigenvalue weighted by Crippen LogP contribution is -2.33. The third-order valence-electron chi connectivity index (χ3n) is 7.24. The van der Waals surface area contributed by atoms with E-state index in [-0.39, 0.29) is 35.5 Å². The molecule has 3 aromatic carbocycles. The van der Waals surface area contributed by atoms with E-state index >= 15 is 0 Å². The summed E-state index contributed by atoms with van der Waals surface area (Å²) in [6.45, 7) is 2.37. The van der Waals surface area contributed by atoms with Gasteiger partial charge in [-0.15, -0.1) is 0 Å². The van der Waals surface area contributed by atoms with Crippen molar-refractivity contribution in [1.82, 2.24) is 0 Å². The first-order chi connectivity index (χ1) is 16.7. The summed E-state index contributed by atoms with van der Waals surface area (Å²) in [6.07, 6.45) is 4.27. The molecule has 2 fully saturated rings. The van der Waals surface area contributed by atoms with Crippen LogP contribution in [0.1, 0.15) is 18.1 Å². The lowest BCUT2D eigenvalue weighted by molar-refractivity contribution is -0.123. The fourth-order valence-corrected chi connectivity index (χ4v) is 5.96. The first kappa shape index (κ1) is 20.7. The minimum Gasteiger partial charge on any atom is -0.492 e. The molecule has 3 aromatic rings. The standard InChI is InChI=1S/C30H25NO3/c1-2-34-24-16-10-9-15-23(24)31-29(32)27-21-17-18-22(28(27)30(31)33)26(21)25(19-11-5-3-6-12-19)20-13-7-4-8-14-20/h3-18,21-22,27-28H,2H2,1H3/t21-,22+,27+,28-. The second kappa shape index (κ2) is 8.14. The highest BCUT2D eigenvalue weighted by Crippen LogP contribution is 2.59. The van der Waals surface area contributed by atoms with Gasteiger partial charge in [0.1, 0.15) is 5.75 Å². The number of fused-ring (bicyclic) bond motifs is 5. The van der Waals surface area contributed by atoms with E-state index in [4.69, 9.17) is 4.74 Å². The van der Waals surface area contributed by atoms with Gasteiger partial charge in [0.25, 0.3) is 0 Å². The summed E-state index contributed by atoms with van der Waals surface area (Å²) >= 11 is 0. The monoisotopic (exact) mass is 447 g/mol. The summed E-state index contributed by atoms with van der Waals surface area (Å²) in [5, 5.41) is 0. The van der Waals surface area contributed by atoms with Crippen LogP contribution in [0.4, 0.5) is 5.69 Å². The fourth-order valence-electron chi connectivity index (χ4n) is 5.96. The Morgan fingerprint density at radius 1 is 0.735 bits per heavy atom. The number of nitrogens with zero attached hydrogens (tertiary/aromatic N) is 1. The Hall–Kier alpha value is -3.92. The molecule has 1 saturated carbocycles. The molecule has 4 nitrogen and oxygen atoms in total. The lowest BCUT2D eigenvalue weighted by Gasteiger charge is -2.23. The molecule has 2 bridgehead atoms. The van der Waals surface area contributed by atoms with E-state index in [2.05, 4.69) is 36.4 Å². The van der Waals surface area contributed by atoms with Gasteiger partial charge in [0.15, 0.2) is 0 Å². The highest BCUT2D eigenvalue weighted by Gasteiger charge is 2.62. The van der Waals surface area contributed by atoms with E-state index in [0.717, 1.165) is 16.7 Å². The van der Waals surface area contributed by atoms with Gasteiger partial charge in [-0.25, -0.2) is 4.90 Å². The largest absolute Gasteiger partial charge is 0.492 e. The molecule has 4 heteroatoms. The number of allylic oxidation sites excluding steroid dienone is 3. The van der Waals surface area contributed by atoms with Gasteiger partial charge in [-0.3, -0.25) is 9.59 Å². The van der Waals surface area contributed by atoms with Gasteiger partial charge < -0.3 is 4.74 Å². The van der Waals surface area contributed by atoms with Crippen LogP contribution in [-0.4, -0.2) is 18.4 Å². The van der Waals surface area contributed by atoms with Crippen molar-refractivity contribution >= 4 is 23.1 Å². The third-order valence-corrected chi connectivity index (χ3v) is 7.24. The number of benzene rings is 3. The molecular formula is C30H25NO3. The summed E-state index contributed by atoms with van der Waals surface area (Å²) in [5.41, 5.74) is 5.09. The summed E-state index contributed by atoms with van der Waals surface area (Å²) in [5.74, 6) is -0.632. The fraction of sp³-hybridized carbons (Fsp3) is 0.200. The second-order valence-corrected chi connectivity index (χ2v) is 8.96. The maximum absolute atomic E-state index is 13.8. The molecule has 1 heterocycles. The zero-order chi connectivity index (χ0) is 23.2. The summed E-state index contributed by atoms with van der Waals surface area (Å²) in [6, 6.07) is 27.9. The molecule has 1 saturated heterocycles. The molecule has 168 valence electrons. The number of rotatable bonds is 5. The Morgan fingerprint density at radius 3 is 1.76 bits per heavy atom. The van der Waals surface area contributed by atoms with Crippen molar-refractivity contribution in [2.24, 2.45) is 23.7 Å². The van der Waals surface area contributed by atoms with E-state index in [0.29, 0.717) is 18.0 Å². The van der Waals surface area contributed by atoms with E-state index in [1.807, 2.05) is 61.5 Å². The van der Waals surface area contributed by atoms with Gasteiger partial charge in [0.05, 0.1) is 24.1 Å². The molecule has 34 heavy (non-hydrogen) atoms. The number of anilines is 1. The normalized spacial score (nSPS) is 24.6. The summed E-state index contributed by atoms with van der Waals surface area (Å²) in [4.78, 5) is 28.9. The number of amides is 2. The number of hydrogen-bond acceptors (Lipinski definition) is 3. The topological polar surface area (TPSA) is 46.6 Å². The zero-order valence-electron chi connectivity index (χ0n) is 18.9. The molecule has 2 aliphatic carbocycles. The van der Waals surface area contributed by atoms with Crippen molar-refractivity contribution in [2.45, 2.75) is 6.92 Å². The molecule has 4 atom stereocenters. The van der Waals surface area contributed by atoms with Crippen LogP contribution in [0.2, 0.25) is 0 Å². The minimum absolute atomic E-state index is 0.0916. The molecule has 0 N–H and O–H groups in total. The first-order valence-electron chi connectivity index (χ1n) is 11.8. The van der Waals surface area contributed by atoms with Crippen molar-refractivity contribution in [3.63, 3.8) is 0 Å². The predicted molar refractivity (Wildman–Crippen MR) is 132 cm³/mol. The molecule has 0 spiro atoms. The van der Waals surface area contributed by atoms with Gasteiger partial charge in [-0.05, 0) is 41.3 Å². The Balaban J connectivity index is 1.47. The van der Waals surface area contributed by atoms with Crippen molar-refractivity contribution in [3.05, 3.63) is 114 Å². The average molecular weight is 448 g/mol. The Labute approximate surface area is 199 Å². The van der Waals surface area contributed by atoms with Crippen molar-refractivity contribution < 1.29 is 14.3 Å². The summed E-state index contributed by atoms with van der Waals surface area (Å²) in [7, 11) is 0. The molecular weight excluding hydrogens is 422 g/mol. The van der Waals surface area contributed by atoms with E-state index in [1.54, 1.807) is 6.07 Å². The lowest BCUT2D eigenvalue weighted by atomic mass is 9.85. The van der Waals surface area contributed by atoms with Crippen LogP contribution in [0.15, 0.2) is 103 Å². The number of hydrogen-bond donors (Lipinski definition) is 0. The molecule has 1 aliphatic heterocycles. The summed E-state index contributed by atoms with van der Waals surface area (Å²) < 4.78 is 5.74. The maximum Gasteiger partial charge on any atom is 0.238 e. The van der Waals surface area contributed by atoms with Crippen molar-refractivity contribution in [2.75, 3.05) is 11.5 Å². The number of ether oxygens (including phenoxy) is 1. The molecule has 0 unspecified atom stereocenters. The zero-order valence-corrected chi connectivity index (χ0v) is 18.9. The first-order valence-corrected chi connectivity index (χ1v) is 11.8. The van der Waals surface area contributed by atoms with Crippen LogP contribution in [-0.2, 0) is 9.59 Å². The molecule has 6 rings (SSSR count). The molecule has 0 aromatic heterocycles. The second-order valence-electron chi connectivity index (χ2n) is 8.96. The van der Waals surface area contributed by atoms with Crippen LogP contribution in [0.25, 0.3) is 5.57 Å². The van der Waals surface area contributed by atoms with E-state index in [1.165, 1.54) is 10.5 Å². The number of carbonyl (C=O) groups is 2. The molecule has 3 aliphatic rings. The van der Waals surface area contributed by atoms with Gasteiger partial charge >= 0.3 is 0 Å². The SMILES string of the molecule is CCOc1ccccc1N1C(=O)[C@@H]2[C@H](C1=O)[C@H]1C=C[C@@H]2C1=C(c1ccccc1)c1ccccc1. The van der Waals surface area contributed by atoms with Crippen LogP contribution in [0, 0.1) is 23.7 Å². The van der Waals surface area contributed by atoms with E-state index < -0.39 is 0 Å². The van der Waals surface area contributed by atoms with Gasteiger partial charge in [0.2, 0.25) is 11.8 Å². The molecule has 0 radical (unpaired) electrons. The number of imide groups is 1. The van der Waals surface area contributed by atoms with E-state index in [9.17, 15) is 9.59 Å². The van der Waals surface area contributed by atoms with Crippen LogP contribution in [0.5, 0.6) is 5.75 Å². The van der Waals surface area contributed by atoms with Crippen molar-refractivity contribution in [3.8, 4) is 5.75 Å².